The molecule has 0 aliphatic rings. The second kappa shape index (κ2) is 6.81. The van der Waals surface area contributed by atoms with Crippen LogP contribution in [-0.2, 0) is 9.59 Å². The molecule has 2 atom stereocenters. The van der Waals surface area contributed by atoms with E-state index in [0.717, 1.165) is 0 Å². The van der Waals surface area contributed by atoms with Gasteiger partial charge < -0.3 is 5.11 Å². The molecule has 1 heterocycles. The van der Waals surface area contributed by atoms with Crippen LogP contribution in [0.25, 0.3) is 0 Å². The lowest BCUT2D eigenvalue weighted by atomic mass is 9.93. The van der Waals surface area contributed by atoms with Crippen LogP contribution in [0.4, 0.5) is 0 Å². The Labute approximate surface area is 132 Å². The molecule has 116 valence electrons. The van der Waals surface area contributed by atoms with Crippen molar-refractivity contribution in [3.05, 3.63) is 47.5 Å². The lowest BCUT2D eigenvalue weighted by molar-refractivity contribution is -0.139. The SMILES string of the molecule is CC(C)C(=O)C(C(=O)C(O)c1ccc(Cl)cc1)n1cncn1. The molecular formula is C15H16ClN3O3. The molecule has 1 N–H and O–H groups in total. The third-order valence-corrected chi connectivity index (χ3v) is 3.52. The Morgan fingerprint density at radius 1 is 1.18 bits per heavy atom. The maximum absolute atomic E-state index is 12.6. The Balaban J connectivity index is 2.33. The second-order valence-electron chi connectivity index (χ2n) is 5.19. The quantitative estimate of drug-likeness (QED) is 0.822. The Bertz CT molecular complexity index is 653. The summed E-state index contributed by atoms with van der Waals surface area (Å²) in [4.78, 5) is 28.7. The van der Waals surface area contributed by atoms with Crippen molar-refractivity contribution in [2.75, 3.05) is 0 Å². The minimum absolute atomic E-state index is 0.330. The molecular weight excluding hydrogens is 306 g/mol. The first-order chi connectivity index (χ1) is 10.4. The molecule has 22 heavy (non-hydrogen) atoms. The maximum Gasteiger partial charge on any atom is 0.197 e. The van der Waals surface area contributed by atoms with E-state index in [1.54, 1.807) is 38.1 Å². The highest BCUT2D eigenvalue weighted by molar-refractivity contribution is 6.30. The van der Waals surface area contributed by atoms with Gasteiger partial charge in [-0.05, 0) is 17.7 Å². The third-order valence-electron chi connectivity index (χ3n) is 3.26. The van der Waals surface area contributed by atoms with Crippen molar-refractivity contribution in [2.45, 2.75) is 26.0 Å². The fourth-order valence-electron chi connectivity index (χ4n) is 2.03. The summed E-state index contributed by atoms with van der Waals surface area (Å²) in [5.41, 5.74) is 0.371. The zero-order chi connectivity index (χ0) is 16.3. The average Bonchev–Trinajstić information content (AvgIpc) is 3.01. The van der Waals surface area contributed by atoms with E-state index in [4.69, 9.17) is 11.6 Å². The highest BCUT2D eigenvalue weighted by Gasteiger charge is 2.35. The van der Waals surface area contributed by atoms with Crippen molar-refractivity contribution in [1.29, 1.82) is 0 Å². The standard InChI is InChI=1S/C15H16ClN3O3/c1-9(2)13(20)12(19-8-17-7-18-19)15(22)14(21)10-3-5-11(16)6-4-10/h3-9,12,14,21H,1-2H3. The highest BCUT2D eigenvalue weighted by Crippen LogP contribution is 2.24. The van der Waals surface area contributed by atoms with E-state index in [2.05, 4.69) is 10.1 Å². The molecule has 1 aromatic carbocycles. The van der Waals surface area contributed by atoms with E-state index in [-0.39, 0.29) is 11.7 Å². The highest BCUT2D eigenvalue weighted by atomic mass is 35.5. The van der Waals surface area contributed by atoms with Gasteiger partial charge in [0.05, 0.1) is 0 Å². The minimum atomic E-state index is -1.44. The van der Waals surface area contributed by atoms with Crippen LogP contribution in [-0.4, -0.2) is 31.4 Å². The smallest absolute Gasteiger partial charge is 0.197 e. The van der Waals surface area contributed by atoms with Crippen molar-refractivity contribution in [3.8, 4) is 0 Å². The number of hydrogen-bond acceptors (Lipinski definition) is 5. The summed E-state index contributed by atoms with van der Waals surface area (Å²) in [6.45, 7) is 3.38. The number of aliphatic hydroxyl groups excluding tert-OH is 1. The number of hydrogen-bond donors (Lipinski definition) is 1. The zero-order valence-electron chi connectivity index (χ0n) is 12.2. The van der Waals surface area contributed by atoms with E-state index >= 15 is 0 Å². The molecule has 0 fully saturated rings. The first kappa shape index (κ1) is 16.3. The van der Waals surface area contributed by atoms with Crippen molar-refractivity contribution in [1.82, 2.24) is 14.8 Å². The molecule has 0 saturated carbocycles. The number of Topliss-reactive ketones (excluding diaryl/α,β-unsaturated/α-hetero) is 2. The number of benzene rings is 1. The van der Waals surface area contributed by atoms with Crippen LogP contribution >= 0.6 is 11.6 Å². The Hall–Kier alpha value is -2.05. The van der Waals surface area contributed by atoms with Crippen molar-refractivity contribution < 1.29 is 14.7 Å². The average molecular weight is 322 g/mol. The Morgan fingerprint density at radius 2 is 1.82 bits per heavy atom. The van der Waals surface area contributed by atoms with Gasteiger partial charge in [0, 0.05) is 10.9 Å². The molecule has 6 nitrogen and oxygen atoms in total. The number of ketones is 2. The molecule has 1 aromatic heterocycles. The van der Waals surface area contributed by atoms with Crippen LogP contribution in [0.15, 0.2) is 36.9 Å². The van der Waals surface area contributed by atoms with Crippen LogP contribution in [0.1, 0.15) is 31.6 Å². The van der Waals surface area contributed by atoms with Gasteiger partial charge in [-0.25, -0.2) is 9.67 Å². The zero-order valence-corrected chi connectivity index (χ0v) is 12.9. The molecule has 2 aromatic rings. The van der Waals surface area contributed by atoms with Crippen LogP contribution in [0.5, 0.6) is 0 Å². The molecule has 0 aliphatic carbocycles. The van der Waals surface area contributed by atoms with Gasteiger partial charge in [0.25, 0.3) is 0 Å². The molecule has 0 bridgehead atoms. The van der Waals surface area contributed by atoms with Crippen LogP contribution in [0, 0.1) is 5.92 Å². The number of carbonyl (C=O) groups excluding carboxylic acids is 2. The lowest BCUT2D eigenvalue weighted by Gasteiger charge is -2.20. The van der Waals surface area contributed by atoms with Crippen LogP contribution < -0.4 is 0 Å². The summed E-state index contributed by atoms with van der Waals surface area (Å²) in [5, 5.41) is 14.6. The second-order valence-corrected chi connectivity index (χ2v) is 5.63. The molecule has 0 amide bonds. The van der Waals surface area contributed by atoms with E-state index in [0.29, 0.717) is 10.6 Å². The van der Waals surface area contributed by atoms with Gasteiger partial charge in [-0.1, -0.05) is 37.6 Å². The summed E-state index contributed by atoms with van der Waals surface area (Å²) in [6, 6.07) is 5.03. The first-order valence-corrected chi connectivity index (χ1v) is 7.14. The fraction of sp³-hybridized carbons (Fsp3) is 0.333. The molecule has 2 unspecified atom stereocenters. The topological polar surface area (TPSA) is 85.1 Å². The largest absolute Gasteiger partial charge is 0.380 e. The van der Waals surface area contributed by atoms with Crippen molar-refractivity contribution in [2.24, 2.45) is 5.92 Å². The van der Waals surface area contributed by atoms with Crippen molar-refractivity contribution in [3.63, 3.8) is 0 Å². The number of rotatable bonds is 6. The maximum atomic E-state index is 12.6. The predicted molar refractivity (Wildman–Crippen MR) is 80.3 cm³/mol. The van der Waals surface area contributed by atoms with Crippen LogP contribution in [0.2, 0.25) is 5.02 Å². The monoisotopic (exact) mass is 321 g/mol. The van der Waals surface area contributed by atoms with Gasteiger partial charge in [-0.2, -0.15) is 5.10 Å². The Kier molecular flexibility index (Phi) is 5.05. The van der Waals surface area contributed by atoms with Gasteiger partial charge in [-0.15, -0.1) is 0 Å². The van der Waals surface area contributed by atoms with Crippen molar-refractivity contribution >= 4 is 23.2 Å². The summed E-state index contributed by atoms with van der Waals surface area (Å²) in [7, 11) is 0. The first-order valence-electron chi connectivity index (χ1n) is 6.77. The molecule has 7 heteroatoms. The van der Waals surface area contributed by atoms with E-state index in [9.17, 15) is 14.7 Å². The lowest BCUT2D eigenvalue weighted by Crippen LogP contribution is -2.34. The molecule has 0 saturated heterocycles. The van der Waals surface area contributed by atoms with Crippen LogP contribution in [0.3, 0.4) is 0 Å². The number of carbonyl (C=O) groups is 2. The molecule has 0 aliphatic heterocycles. The number of aliphatic hydroxyl groups is 1. The van der Waals surface area contributed by atoms with Gasteiger partial charge >= 0.3 is 0 Å². The van der Waals surface area contributed by atoms with E-state index in [1.807, 2.05) is 0 Å². The van der Waals surface area contributed by atoms with Gasteiger partial charge in [0.2, 0.25) is 0 Å². The minimum Gasteiger partial charge on any atom is -0.380 e. The summed E-state index contributed by atoms with van der Waals surface area (Å²) in [5.74, 6) is -1.36. The van der Waals surface area contributed by atoms with E-state index in [1.165, 1.54) is 17.3 Å². The van der Waals surface area contributed by atoms with Gasteiger partial charge in [0.15, 0.2) is 17.6 Å². The number of halogens is 1. The molecule has 2 rings (SSSR count). The van der Waals surface area contributed by atoms with Gasteiger partial charge in [-0.3, -0.25) is 9.59 Å². The normalized spacial score (nSPS) is 13.9. The molecule has 0 spiro atoms. The number of nitrogens with zero attached hydrogens (tertiary/aromatic N) is 3. The Morgan fingerprint density at radius 3 is 2.32 bits per heavy atom. The summed E-state index contributed by atoms with van der Waals surface area (Å²) < 4.78 is 1.17. The summed E-state index contributed by atoms with van der Waals surface area (Å²) >= 11 is 5.79. The summed E-state index contributed by atoms with van der Waals surface area (Å²) in [6.07, 6.45) is 1.09. The fourth-order valence-corrected chi connectivity index (χ4v) is 2.15. The third kappa shape index (κ3) is 3.40. The van der Waals surface area contributed by atoms with Gasteiger partial charge in [0.1, 0.15) is 18.8 Å². The predicted octanol–water partition coefficient (Wildman–Crippen LogP) is 2.00. The van der Waals surface area contributed by atoms with E-state index < -0.39 is 17.9 Å². The molecule has 0 radical (unpaired) electrons. The number of aromatic nitrogens is 3.